The molecule has 2 heterocycles. The lowest BCUT2D eigenvalue weighted by molar-refractivity contribution is 0.0933. The van der Waals surface area contributed by atoms with Crippen LogP contribution < -0.4 is 5.32 Å². The van der Waals surface area contributed by atoms with Crippen LogP contribution in [-0.4, -0.2) is 78.9 Å². The largest absolute Gasteiger partial charge is 0.450 e. The molecule has 4 rings (SSSR count). The van der Waals surface area contributed by atoms with E-state index in [2.05, 4.69) is 15.5 Å². The van der Waals surface area contributed by atoms with Gasteiger partial charge in [0.15, 0.2) is 0 Å². The Labute approximate surface area is 219 Å². The SMILES string of the molecule is CCOC(=O)N1CCN(S(=O)(=O)c2ccc(C(=O)Nc3nnc(Cc4ccc(SC)cc4)o3)cc2)CC1. The van der Waals surface area contributed by atoms with Crippen LogP contribution in [0.2, 0.25) is 0 Å². The van der Waals surface area contributed by atoms with E-state index in [1.165, 1.54) is 33.5 Å². The average molecular weight is 546 g/mol. The van der Waals surface area contributed by atoms with Gasteiger partial charge in [-0.25, -0.2) is 13.2 Å². The Kier molecular flexibility index (Phi) is 8.46. The van der Waals surface area contributed by atoms with Gasteiger partial charge in [0.2, 0.25) is 15.9 Å². The Morgan fingerprint density at radius 1 is 1.03 bits per heavy atom. The molecule has 0 aliphatic carbocycles. The fourth-order valence-electron chi connectivity index (χ4n) is 3.72. The summed E-state index contributed by atoms with van der Waals surface area (Å²) in [6, 6.07) is 13.5. The second-order valence-electron chi connectivity index (χ2n) is 8.09. The Balaban J connectivity index is 1.34. The molecule has 0 unspecified atom stereocenters. The molecule has 1 saturated heterocycles. The topological polar surface area (TPSA) is 135 Å². The van der Waals surface area contributed by atoms with Crippen molar-refractivity contribution < 1.29 is 27.2 Å². The van der Waals surface area contributed by atoms with Crippen LogP contribution in [0.1, 0.15) is 28.7 Å². The number of rotatable bonds is 8. The molecule has 0 bridgehead atoms. The Morgan fingerprint density at radius 3 is 2.32 bits per heavy atom. The fraction of sp³-hybridized carbons (Fsp3) is 0.333. The van der Waals surface area contributed by atoms with Gasteiger partial charge >= 0.3 is 12.1 Å². The first-order valence-corrected chi connectivity index (χ1v) is 14.2. The van der Waals surface area contributed by atoms with Crippen molar-refractivity contribution in [2.24, 2.45) is 0 Å². The molecule has 37 heavy (non-hydrogen) atoms. The molecule has 196 valence electrons. The zero-order chi connectivity index (χ0) is 26.4. The number of sulfonamides is 1. The van der Waals surface area contributed by atoms with Crippen molar-refractivity contribution in [1.29, 1.82) is 0 Å². The molecule has 0 spiro atoms. The summed E-state index contributed by atoms with van der Waals surface area (Å²) in [7, 11) is -3.78. The van der Waals surface area contributed by atoms with Crippen LogP contribution >= 0.6 is 11.8 Å². The van der Waals surface area contributed by atoms with Crippen molar-refractivity contribution in [2.75, 3.05) is 44.4 Å². The highest BCUT2D eigenvalue weighted by molar-refractivity contribution is 7.98. The first kappa shape index (κ1) is 26.6. The van der Waals surface area contributed by atoms with Crippen molar-refractivity contribution in [2.45, 2.75) is 23.1 Å². The smallest absolute Gasteiger partial charge is 0.409 e. The van der Waals surface area contributed by atoms with E-state index in [0.29, 0.717) is 12.3 Å². The van der Waals surface area contributed by atoms with Gasteiger partial charge in [0.25, 0.3) is 5.91 Å². The van der Waals surface area contributed by atoms with Crippen LogP contribution in [0.5, 0.6) is 0 Å². The maximum absolute atomic E-state index is 13.0. The summed E-state index contributed by atoms with van der Waals surface area (Å²) in [4.78, 5) is 27.1. The molecule has 1 aliphatic rings. The molecule has 2 aromatic carbocycles. The van der Waals surface area contributed by atoms with Gasteiger partial charge in [0.1, 0.15) is 0 Å². The zero-order valence-electron chi connectivity index (χ0n) is 20.4. The number of nitrogens with zero attached hydrogens (tertiary/aromatic N) is 4. The third kappa shape index (κ3) is 6.48. The van der Waals surface area contributed by atoms with Crippen LogP contribution in [0.3, 0.4) is 0 Å². The molecule has 1 fully saturated rings. The van der Waals surface area contributed by atoms with Crippen molar-refractivity contribution in [3.05, 3.63) is 65.5 Å². The van der Waals surface area contributed by atoms with Gasteiger partial charge < -0.3 is 14.1 Å². The number of ether oxygens (including phenoxy) is 1. The number of carbonyl (C=O) groups excluding carboxylic acids is 2. The zero-order valence-corrected chi connectivity index (χ0v) is 22.0. The summed E-state index contributed by atoms with van der Waals surface area (Å²) in [6.45, 7) is 2.78. The quantitative estimate of drug-likeness (QED) is 0.424. The van der Waals surface area contributed by atoms with E-state index in [1.54, 1.807) is 18.7 Å². The Morgan fingerprint density at radius 2 is 1.70 bits per heavy atom. The molecule has 11 nitrogen and oxygen atoms in total. The molecule has 1 aromatic heterocycles. The van der Waals surface area contributed by atoms with E-state index in [1.807, 2.05) is 30.5 Å². The number of thioether (sulfide) groups is 1. The molecule has 1 N–H and O–H groups in total. The van der Waals surface area contributed by atoms with Crippen LogP contribution in [0.4, 0.5) is 10.8 Å². The summed E-state index contributed by atoms with van der Waals surface area (Å²) >= 11 is 1.65. The van der Waals surface area contributed by atoms with E-state index in [0.717, 1.165) is 10.5 Å². The van der Waals surface area contributed by atoms with Gasteiger partial charge in [-0.1, -0.05) is 17.2 Å². The molecule has 3 aromatic rings. The van der Waals surface area contributed by atoms with Crippen molar-refractivity contribution in [3.63, 3.8) is 0 Å². The lowest BCUT2D eigenvalue weighted by atomic mass is 10.1. The Bertz CT molecular complexity index is 1330. The summed E-state index contributed by atoms with van der Waals surface area (Å²) in [6.07, 6.45) is 1.98. The van der Waals surface area contributed by atoms with Gasteiger partial charge in [-0.15, -0.1) is 16.9 Å². The van der Waals surface area contributed by atoms with E-state index in [-0.39, 0.29) is 49.3 Å². The van der Waals surface area contributed by atoms with E-state index >= 15 is 0 Å². The number of piperazine rings is 1. The minimum Gasteiger partial charge on any atom is -0.450 e. The fourth-order valence-corrected chi connectivity index (χ4v) is 5.55. The third-order valence-electron chi connectivity index (χ3n) is 5.72. The normalized spacial score (nSPS) is 14.4. The lowest BCUT2D eigenvalue weighted by Crippen LogP contribution is -2.50. The number of benzene rings is 2. The minimum atomic E-state index is -3.78. The molecular weight excluding hydrogens is 518 g/mol. The predicted octanol–water partition coefficient (Wildman–Crippen LogP) is 3.10. The molecule has 0 atom stereocenters. The Hall–Kier alpha value is -3.42. The third-order valence-corrected chi connectivity index (χ3v) is 8.38. The van der Waals surface area contributed by atoms with Crippen molar-refractivity contribution in [1.82, 2.24) is 19.4 Å². The van der Waals surface area contributed by atoms with E-state index in [9.17, 15) is 18.0 Å². The van der Waals surface area contributed by atoms with E-state index < -0.39 is 22.0 Å². The molecule has 0 saturated carbocycles. The summed E-state index contributed by atoms with van der Waals surface area (Å²) in [5, 5.41) is 10.4. The van der Waals surface area contributed by atoms with Gasteiger partial charge in [-0.3, -0.25) is 10.1 Å². The van der Waals surface area contributed by atoms with Gasteiger partial charge in [0.05, 0.1) is 17.9 Å². The van der Waals surface area contributed by atoms with Crippen LogP contribution in [0.25, 0.3) is 0 Å². The number of aromatic nitrogens is 2. The highest BCUT2D eigenvalue weighted by Gasteiger charge is 2.30. The number of amides is 2. The first-order valence-electron chi connectivity index (χ1n) is 11.6. The molecular formula is C24H27N5O6S2. The summed E-state index contributed by atoms with van der Waals surface area (Å²) in [5.74, 6) is -0.150. The maximum Gasteiger partial charge on any atom is 0.409 e. The molecule has 1 aliphatic heterocycles. The minimum absolute atomic E-state index is 0.0445. The maximum atomic E-state index is 13.0. The lowest BCUT2D eigenvalue weighted by Gasteiger charge is -2.33. The number of nitrogens with one attached hydrogen (secondary N) is 1. The van der Waals surface area contributed by atoms with E-state index in [4.69, 9.17) is 9.15 Å². The molecule has 13 heteroatoms. The van der Waals surface area contributed by atoms with Gasteiger partial charge in [-0.2, -0.15) is 4.31 Å². The number of hydrogen-bond acceptors (Lipinski definition) is 9. The second kappa shape index (κ2) is 11.8. The van der Waals surface area contributed by atoms with Crippen molar-refractivity contribution in [3.8, 4) is 0 Å². The van der Waals surface area contributed by atoms with Crippen LogP contribution in [-0.2, 0) is 21.2 Å². The average Bonchev–Trinajstić information content (AvgIpc) is 3.35. The number of hydrogen-bond donors (Lipinski definition) is 1. The highest BCUT2D eigenvalue weighted by atomic mass is 32.2. The molecule has 0 radical (unpaired) electrons. The first-order chi connectivity index (χ1) is 17.8. The van der Waals surface area contributed by atoms with Crippen LogP contribution in [0.15, 0.2) is 62.7 Å². The number of anilines is 1. The second-order valence-corrected chi connectivity index (χ2v) is 10.9. The summed E-state index contributed by atoms with van der Waals surface area (Å²) < 4.78 is 37.8. The number of carbonyl (C=O) groups is 2. The van der Waals surface area contributed by atoms with Gasteiger partial charge in [-0.05, 0) is 55.1 Å². The standard InChI is InChI=1S/C24H27N5O6S2/c1-3-34-24(31)28-12-14-29(15-13-28)37(32,33)20-10-6-18(7-11-20)22(30)25-23-27-26-21(35-23)16-17-4-8-19(36-2)9-5-17/h4-11H,3,12-16H2,1-2H3,(H,25,27,30). The van der Waals surface area contributed by atoms with Crippen molar-refractivity contribution >= 4 is 39.8 Å². The van der Waals surface area contributed by atoms with Gasteiger partial charge in [0, 0.05) is 36.6 Å². The highest BCUT2D eigenvalue weighted by Crippen LogP contribution is 2.20. The van der Waals surface area contributed by atoms with Crippen LogP contribution in [0, 0.1) is 0 Å². The summed E-state index contributed by atoms with van der Waals surface area (Å²) in [5.41, 5.74) is 1.23. The monoisotopic (exact) mass is 545 g/mol. The molecule has 2 amide bonds. The predicted molar refractivity (Wildman–Crippen MR) is 137 cm³/mol.